The maximum absolute atomic E-state index is 12.8. The van der Waals surface area contributed by atoms with Crippen LogP contribution >= 0.6 is 22.7 Å². The number of halogens is 3. The molecule has 0 radical (unpaired) electrons. The second-order valence-corrected chi connectivity index (χ2v) is 7.68. The summed E-state index contributed by atoms with van der Waals surface area (Å²) in [6.07, 6.45) is -2.85. The van der Waals surface area contributed by atoms with Gasteiger partial charge in [0.2, 0.25) is 0 Å². The number of nitrogens with one attached hydrogen (secondary N) is 1. The average Bonchev–Trinajstić information content (AvgIpc) is 3.37. The predicted octanol–water partition coefficient (Wildman–Crippen LogP) is 5.55. The van der Waals surface area contributed by atoms with E-state index in [0.717, 1.165) is 17.0 Å². The van der Waals surface area contributed by atoms with Crippen LogP contribution in [0.5, 0.6) is 0 Å². The van der Waals surface area contributed by atoms with Crippen molar-refractivity contribution < 1.29 is 27.5 Å². The zero-order valence-corrected chi connectivity index (χ0v) is 16.4. The molecule has 0 fully saturated rings. The Balaban J connectivity index is 1.65. The highest BCUT2D eigenvalue weighted by molar-refractivity contribution is 7.12. The number of alkyl halides is 3. The lowest BCUT2D eigenvalue weighted by Crippen LogP contribution is -2.21. The summed E-state index contributed by atoms with van der Waals surface area (Å²) in [6, 6.07) is 11.4. The number of carbonyl (C=O) groups excluding carboxylic acids is 2. The Labute approximate surface area is 172 Å². The van der Waals surface area contributed by atoms with Crippen LogP contribution in [0, 0.1) is 0 Å². The molecule has 29 heavy (non-hydrogen) atoms. The van der Waals surface area contributed by atoms with Crippen molar-refractivity contribution in [3.05, 3.63) is 74.6 Å². The molecule has 4 nitrogen and oxygen atoms in total. The van der Waals surface area contributed by atoms with E-state index in [9.17, 15) is 22.8 Å². The van der Waals surface area contributed by atoms with E-state index in [1.807, 2.05) is 22.9 Å². The average molecular weight is 437 g/mol. The second kappa shape index (κ2) is 9.06. The monoisotopic (exact) mass is 437 g/mol. The van der Waals surface area contributed by atoms with E-state index >= 15 is 0 Å². The first kappa shape index (κ1) is 20.8. The number of ether oxygens (including phenoxy) is 1. The molecule has 0 saturated carbocycles. The van der Waals surface area contributed by atoms with Crippen molar-refractivity contribution in [2.45, 2.75) is 6.18 Å². The molecule has 0 bridgehead atoms. The van der Waals surface area contributed by atoms with Gasteiger partial charge in [-0.2, -0.15) is 13.2 Å². The van der Waals surface area contributed by atoms with Crippen LogP contribution in [0.25, 0.3) is 11.6 Å². The van der Waals surface area contributed by atoms with E-state index in [0.29, 0.717) is 10.5 Å². The van der Waals surface area contributed by atoms with Gasteiger partial charge in [0.15, 0.2) is 6.61 Å². The molecule has 2 heterocycles. The molecule has 1 N–H and O–H groups in total. The van der Waals surface area contributed by atoms with Crippen molar-refractivity contribution >= 4 is 51.9 Å². The normalized spacial score (nSPS) is 11.9. The van der Waals surface area contributed by atoms with Crippen molar-refractivity contribution in [1.82, 2.24) is 0 Å². The molecular weight excluding hydrogens is 423 g/mol. The molecular formula is C20H14F3NO3S2. The highest BCUT2D eigenvalue weighted by Gasteiger charge is 2.30. The van der Waals surface area contributed by atoms with Gasteiger partial charge in [0, 0.05) is 15.4 Å². The van der Waals surface area contributed by atoms with E-state index in [-0.39, 0.29) is 5.69 Å². The number of rotatable bonds is 6. The molecule has 0 unspecified atom stereocenters. The maximum Gasteiger partial charge on any atom is 0.416 e. The molecule has 3 rings (SSSR count). The highest BCUT2D eigenvalue weighted by Crippen LogP contribution is 2.30. The number of hydrogen-bond donors (Lipinski definition) is 1. The van der Waals surface area contributed by atoms with Crippen molar-refractivity contribution in [2.24, 2.45) is 0 Å². The van der Waals surface area contributed by atoms with E-state index in [2.05, 4.69) is 5.32 Å². The minimum absolute atomic E-state index is 0.0338. The highest BCUT2D eigenvalue weighted by atomic mass is 32.1. The Morgan fingerprint density at radius 3 is 2.45 bits per heavy atom. The zero-order valence-electron chi connectivity index (χ0n) is 14.7. The first-order chi connectivity index (χ1) is 13.8. The fraction of sp³-hybridized carbons (Fsp3) is 0.100. The Morgan fingerprint density at radius 1 is 1.03 bits per heavy atom. The molecule has 0 atom stereocenters. The quantitative estimate of drug-likeness (QED) is 0.406. The first-order valence-corrected chi connectivity index (χ1v) is 10.0. The van der Waals surface area contributed by atoms with Crippen molar-refractivity contribution in [3.8, 4) is 0 Å². The lowest BCUT2D eigenvalue weighted by molar-refractivity contribution is -0.141. The molecule has 0 aliphatic rings. The number of hydrogen-bond acceptors (Lipinski definition) is 5. The lowest BCUT2D eigenvalue weighted by Gasteiger charge is -2.10. The Kier molecular flexibility index (Phi) is 6.50. The Bertz CT molecular complexity index is 1010. The van der Waals surface area contributed by atoms with Crippen LogP contribution in [0.3, 0.4) is 0 Å². The third-order valence-electron chi connectivity index (χ3n) is 3.64. The maximum atomic E-state index is 12.8. The van der Waals surface area contributed by atoms with E-state index in [1.165, 1.54) is 34.8 Å². The number of amides is 1. The van der Waals surface area contributed by atoms with Gasteiger partial charge in [-0.25, -0.2) is 4.79 Å². The number of carbonyl (C=O) groups is 2. The minimum atomic E-state index is -4.52. The molecule has 0 spiro atoms. The molecule has 0 aliphatic heterocycles. The van der Waals surface area contributed by atoms with Gasteiger partial charge in [0.25, 0.3) is 5.91 Å². The summed E-state index contributed by atoms with van der Waals surface area (Å²) in [5.74, 6) is -1.43. The van der Waals surface area contributed by atoms with Crippen LogP contribution in [-0.2, 0) is 20.5 Å². The summed E-state index contributed by atoms with van der Waals surface area (Å²) in [4.78, 5) is 26.1. The molecule has 1 aromatic carbocycles. The van der Waals surface area contributed by atoms with Gasteiger partial charge < -0.3 is 10.1 Å². The van der Waals surface area contributed by atoms with E-state index in [4.69, 9.17) is 4.74 Å². The molecule has 9 heteroatoms. The fourth-order valence-corrected chi connectivity index (χ4v) is 3.74. The number of anilines is 1. The third-order valence-corrected chi connectivity index (χ3v) is 5.37. The standard InChI is InChI=1S/C20H14F3NO3S2/c21-20(22,23)13-4-1-5-14(10-13)24-18(25)12-27-19(26)16(17-7-3-9-29-17)11-15-6-2-8-28-15/h1-11H,12H2,(H,24,25). The van der Waals surface area contributed by atoms with Crippen LogP contribution in [0.1, 0.15) is 15.3 Å². The summed E-state index contributed by atoms with van der Waals surface area (Å²) in [5, 5.41) is 5.98. The Morgan fingerprint density at radius 2 is 1.79 bits per heavy atom. The van der Waals surface area contributed by atoms with Gasteiger partial charge in [-0.3, -0.25) is 4.79 Å². The molecule has 150 valence electrons. The number of esters is 1. The van der Waals surface area contributed by atoms with Crippen LogP contribution in [0.15, 0.2) is 59.3 Å². The van der Waals surface area contributed by atoms with E-state index < -0.39 is 30.2 Å². The molecule has 0 saturated heterocycles. The summed E-state index contributed by atoms with van der Waals surface area (Å²) >= 11 is 2.80. The summed E-state index contributed by atoms with van der Waals surface area (Å²) in [6.45, 7) is -0.623. The summed E-state index contributed by atoms with van der Waals surface area (Å²) in [5.41, 5.74) is -0.617. The van der Waals surface area contributed by atoms with Gasteiger partial charge in [-0.15, -0.1) is 22.7 Å². The van der Waals surface area contributed by atoms with Crippen LogP contribution in [0.2, 0.25) is 0 Å². The SMILES string of the molecule is O=C(COC(=O)C(=Cc1cccs1)c1cccs1)Nc1cccc(C(F)(F)F)c1. The van der Waals surface area contributed by atoms with Gasteiger partial charge in [0.1, 0.15) is 0 Å². The summed E-state index contributed by atoms with van der Waals surface area (Å²) < 4.78 is 43.3. The summed E-state index contributed by atoms with van der Waals surface area (Å²) in [7, 11) is 0. The van der Waals surface area contributed by atoms with Crippen molar-refractivity contribution in [2.75, 3.05) is 11.9 Å². The minimum Gasteiger partial charge on any atom is -0.452 e. The van der Waals surface area contributed by atoms with Crippen molar-refractivity contribution in [3.63, 3.8) is 0 Å². The smallest absolute Gasteiger partial charge is 0.416 e. The topological polar surface area (TPSA) is 55.4 Å². The van der Waals surface area contributed by atoms with Gasteiger partial charge in [-0.05, 0) is 47.2 Å². The van der Waals surface area contributed by atoms with Crippen LogP contribution < -0.4 is 5.32 Å². The molecule has 2 aromatic heterocycles. The largest absolute Gasteiger partial charge is 0.452 e. The first-order valence-electron chi connectivity index (χ1n) is 8.26. The molecule has 0 aliphatic carbocycles. The molecule has 1 amide bonds. The predicted molar refractivity (Wildman–Crippen MR) is 108 cm³/mol. The van der Waals surface area contributed by atoms with Crippen molar-refractivity contribution in [1.29, 1.82) is 0 Å². The number of benzene rings is 1. The van der Waals surface area contributed by atoms with Gasteiger partial charge in [0.05, 0.1) is 11.1 Å². The Hall–Kier alpha value is -2.91. The third kappa shape index (κ3) is 5.78. The van der Waals surface area contributed by atoms with Crippen LogP contribution in [0.4, 0.5) is 18.9 Å². The molecule has 3 aromatic rings. The van der Waals surface area contributed by atoms with E-state index in [1.54, 1.807) is 18.2 Å². The zero-order chi connectivity index (χ0) is 20.9. The number of thiophene rings is 2. The lowest BCUT2D eigenvalue weighted by atomic mass is 10.2. The second-order valence-electron chi connectivity index (χ2n) is 5.75. The van der Waals surface area contributed by atoms with Gasteiger partial charge in [-0.1, -0.05) is 18.2 Å². The fourth-order valence-electron chi connectivity index (χ4n) is 2.36. The van der Waals surface area contributed by atoms with Gasteiger partial charge >= 0.3 is 12.1 Å². The van der Waals surface area contributed by atoms with Crippen LogP contribution in [-0.4, -0.2) is 18.5 Å².